The van der Waals surface area contributed by atoms with Gasteiger partial charge in [0.1, 0.15) is 11.4 Å². The Balaban J connectivity index is 1.56. The molecule has 3 fully saturated rings. The lowest BCUT2D eigenvalue weighted by Crippen LogP contribution is -2.63. The smallest absolute Gasteiger partial charge is 0.257 e. The molecule has 0 spiro atoms. The highest BCUT2D eigenvalue weighted by Crippen LogP contribution is 2.42. The van der Waals surface area contributed by atoms with E-state index in [1.54, 1.807) is 6.20 Å². The molecule has 1 amide bonds. The van der Waals surface area contributed by atoms with Crippen LogP contribution >= 0.6 is 0 Å². The quantitative estimate of drug-likeness (QED) is 0.891. The molecule has 3 N–H and O–H groups in total. The largest absolute Gasteiger partial charge is 0.363 e. The third-order valence-corrected chi connectivity index (χ3v) is 4.98. The lowest BCUT2D eigenvalue weighted by Gasteiger charge is -2.50. The molecule has 2 bridgehead atoms. The van der Waals surface area contributed by atoms with E-state index < -0.39 is 5.60 Å². The first-order chi connectivity index (χ1) is 10.6. The van der Waals surface area contributed by atoms with Crippen LogP contribution in [0.25, 0.3) is 10.8 Å². The molecule has 5 nitrogen and oxygen atoms in total. The first-order valence-electron chi connectivity index (χ1n) is 7.68. The topological polar surface area (TPSA) is 77.2 Å². The Labute approximate surface area is 128 Å². The summed E-state index contributed by atoms with van der Waals surface area (Å²) >= 11 is 0. The number of hydrogen-bond acceptors (Lipinski definition) is 4. The van der Waals surface area contributed by atoms with E-state index in [-0.39, 0.29) is 11.4 Å². The van der Waals surface area contributed by atoms with Crippen molar-refractivity contribution < 1.29 is 9.53 Å². The zero-order chi connectivity index (χ0) is 15.2. The molecule has 3 aliphatic rings. The molecule has 114 valence electrons. The number of anilines is 1. The van der Waals surface area contributed by atoms with Crippen molar-refractivity contribution in [1.82, 2.24) is 4.98 Å². The third kappa shape index (κ3) is 2.17. The number of carbonyl (C=O) groups is 1. The van der Waals surface area contributed by atoms with E-state index in [4.69, 9.17) is 10.5 Å². The molecule has 1 aromatic heterocycles. The van der Waals surface area contributed by atoms with Crippen molar-refractivity contribution in [2.75, 3.05) is 11.9 Å². The van der Waals surface area contributed by atoms with E-state index >= 15 is 0 Å². The minimum absolute atomic E-state index is 0.1000. The number of hydrogen-bond donors (Lipinski definition) is 2. The number of nitrogens with two attached hydrogens (primary N) is 1. The van der Waals surface area contributed by atoms with Crippen molar-refractivity contribution in [1.29, 1.82) is 0 Å². The first kappa shape index (κ1) is 13.7. The fraction of sp³-hybridized carbons (Fsp3) is 0.412. The molecule has 0 radical (unpaired) electrons. The summed E-state index contributed by atoms with van der Waals surface area (Å²) in [5.41, 5.74) is 5.24. The Morgan fingerprint density at radius 1 is 1.18 bits per heavy atom. The standard InChI is InChI=1S/C17H19N3O2/c18-16-5-7-17(8-6-16,22-11-16)15(21)20-14-9-12-3-1-2-4-13(12)10-19-14/h1-4,9-10H,5-8,11,18H2,(H,19,20,21). The minimum Gasteiger partial charge on any atom is -0.363 e. The highest BCUT2D eigenvalue weighted by Gasteiger charge is 2.52. The lowest BCUT2D eigenvalue weighted by molar-refractivity contribution is -0.171. The van der Waals surface area contributed by atoms with Gasteiger partial charge in [-0.1, -0.05) is 24.3 Å². The lowest BCUT2D eigenvalue weighted by atomic mass is 9.71. The van der Waals surface area contributed by atoms with Crippen LogP contribution in [0.15, 0.2) is 36.5 Å². The summed E-state index contributed by atoms with van der Waals surface area (Å²) in [4.78, 5) is 17.0. The number of benzene rings is 1. The van der Waals surface area contributed by atoms with Crippen LogP contribution in [0.5, 0.6) is 0 Å². The highest BCUT2D eigenvalue weighted by atomic mass is 16.5. The molecule has 1 saturated carbocycles. The number of nitrogens with one attached hydrogen (secondary N) is 1. The van der Waals surface area contributed by atoms with Gasteiger partial charge >= 0.3 is 0 Å². The summed E-state index contributed by atoms with van der Waals surface area (Å²) < 4.78 is 5.82. The van der Waals surface area contributed by atoms with E-state index in [1.165, 1.54) is 0 Å². The van der Waals surface area contributed by atoms with Gasteiger partial charge in [0.2, 0.25) is 0 Å². The Kier molecular flexibility index (Phi) is 2.96. The van der Waals surface area contributed by atoms with E-state index in [1.807, 2.05) is 30.3 Å². The number of nitrogens with zero attached hydrogens (tertiary/aromatic N) is 1. The van der Waals surface area contributed by atoms with Gasteiger partial charge in [0, 0.05) is 17.1 Å². The SMILES string of the molecule is NC12CCC(C(=O)Nc3cc4ccccc4cn3)(CC1)OC2. The maximum atomic E-state index is 12.7. The van der Waals surface area contributed by atoms with Crippen LogP contribution in [0.1, 0.15) is 25.7 Å². The molecule has 0 atom stereocenters. The van der Waals surface area contributed by atoms with Gasteiger partial charge in [-0.15, -0.1) is 0 Å². The monoisotopic (exact) mass is 297 g/mol. The molecule has 2 aliphatic heterocycles. The molecular weight excluding hydrogens is 278 g/mol. The van der Waals surface area contributed by atoms with Crippen molar-refractivity contribution >= 4 is 22.5 Å². The van der Waals surface area contributed by atoms with Gasteiger partial charge in [-0.3, -0.25) is 4.79 Å². The molecule has 1 aromatic carbocycles. The van der Waals surface area contributed by atoms with Crippen LogP contribution < -0.4 is 11.1 Å². The van der Waals surface area contributed by atoms with Gasteiger partial charge in [-0.2, -0.15) is 0 Å². The normalized spacial score (nSPS) is 30.4. The number of pyridine rings is 1. The van der Waals surface area contributed by atoms with Crippen LogP contribution in [-0.4, -0.2) is 28.6 Å². The molecule has 22 heavy (non-hydrogen) atoms. The van der Waals surface area contributed by atoms with Crippen molar-refractivity contribution in [2.45, 2.75) is 36.8 Å². The van der Waals surface area contributed by atoms with Gasteiger partial charge in [0.05, 0.1) is 6.61 Å². The second-order valence-corrected chi connectivity index (χ2v) is 6.52. The third-order valence-electron chi connectivity index (χ3n) is 4.98. The average Bonchev–Trinajstić information content (AvgIpc) is 2.56. The molecule has 3 heterocycles. The van der Waals surface area contributed by atoms with Crippen molar-refractivity contribution in [3.8, 4) is 0 Å². The van der Waals surface area contributed by atoms with Crippen LogP contribution in [0.3, 0.4) is 0 Å². The average molecular weight is 297 g/mol. The summed E-state index contributed by atoms with van der Waals surface area (Å²) in [7, 11) is 0. The fourth-order valence-corrected chi connectivity index (χ4v) is 3.40. The van der Waals surface area contributed by atoms with Gasteiger partial charge < -0.3 is 15.8 Å². The van der Waals surface area contributed by atoms with Crippen LogP contribution in [0.2, 0.25) is 0 Å². The maximum Gasteiger partial charge on any atom is 0.257 e. The summed E-state index contributed by atoms with van der Waals surface area (Å²) in [6.45, 7) is 0.464. The maximum absolute atomic E-state index is 12.7. The van der Waals surface area contributed by atoms with Gasteiger partial charge in [-0.05, 0) is 37.1 Å². The highest BCUT2D eigenvalue weighted by molar-refractivity contribution is 5.98. The van der Waals surface area contributed by atoms with Crippen molar-refractivity contribution in [3.63, 3.8) is 0 Å². The number of rotatable bonds is 2. The second-order valence-electron chi connectivity index (χ2n) is 6.52. The van der Waals surface area contributed by atoms with E-state index in [9.17, 15) is 4.79 Å². The predicted octanol–water partition coefficient (Wildman–Crippen LogP) is 2.21. The van der Waals surface area contributed by atoms with Gasteiger partial charge in [0.25, 0.3) is 5.91 Å². The number of fused-ring (bicyclic) bond motifs is 4. The van der Waals surface area contributed by atoms with Crippen molar-refractivity contribution in [2.24, 2.45) is 5.73 Å². The predicted molar refractivity (Wildman–Crippen MR) is 84.4 cm³/mol. The first-order valence-corrected chi connectivity index (χ1v) is 7.68. The Hall–Kier alpha value is -1.98. The van der Waals surface area contributed by atoms with Gasteiger partial charge in [-0.25, -0.2) is 4.98 Å². The Morgan fingerprint density at radius 3 is 2.59 bits per heavy atom. The van der Waals surface area contributed by atoms with Gasteiger partial charge in [0.15, 0.2) is 0 Å². The van der Waals surface area contributed by atoms with Crippen LogP contribution in [0.4, 0.5) is 5.82 Å². The molecule has 2 aromatic rings. The molecule has 0 unspecified atom stereocenters. The molecule has 5 heteroatoms. The second kappa shape index (κ2) is 4.76. The number of amides is 1. The zero-order valence-corrected chi connectivity index (χ0v) is 12.3. The fourth-order valence-electron chi connectivity index (χ4n) is 3.40. The Bertz CT molecular complexity index is 719. The van der Waals surface area contributed by atoms with E-state index in [0.717, 1.165) is 23.6 Å². The summed E-state index contributed by atoms with van der Waals surface area (Å²) in [5.74, 6) is 0.467. The molecule has 1 aliphatic carbocycles. The number of ether oxygens (including phenoxy) is 1. The van der Waals surface area contributed by atoms with Crippen LogP contribution in [-0.2, 0) is 9.53 Å². The summed E-state index contributed by atoms with van der Waals surface area (Å²) in [6.07, 6.45) is 4.82. The summed E-state index contributed by atoms with van der Waals surface area (Å²) in [6, 6.07) is 9.84. The molecule has 5 rings (SSSR count). The van der Waals surface area contributed by atoms with Crippen molar-refractivity contribution in [3.05, 3.63) is 36.5 Å². The Morgan fingerprint density at radius 2 is 1.91 bits per heavy atom. The minimum atomic E-state index is -0.728. The molecule has 2 saturated heterocycles. The molecular formula is C17H19N3O2. The number of aromatic nitrogens is 1. The van der Waals surface area contributed by atoms with E-state index in [2.05, 4.69) is 10.3 Å². The number of carbonyl (C=O) groups excluding carboxylic acids is 1. The van der Waals surface area contributed by atoms with Crippen LogP contribution in [0, 0.1) is 0 Å². The van der Waals surface area contributed by atoms with E-state index in [0.29, 0.717) is 25.3 Å². The summed E-state index contributed by atoms with van der Waals surface area (Å²) in [5, 5.41) is 5.03. The zero-order valence-electron chi connectivity index (χ0n) is 12.3.